The number of hydrogen-bond acceptors (Lipinski definition) is 8. The van der Waals surface area contributed by atoms with E-state index in [4.69, 9.17) is 9.15 Å². The molecule has 0 saturated heterocycles. The van der Waals surface area contributed by atoms with Gasteiger partial charge in [0.2, 0.25) is 11.8 Å². The van der Waals surface area contributed by atoms with Crippen LogP contribution < -0.4 is 15.4 Å². The third-order valence-corrected chi connectivity index (χ3v) is 3.88. The summed E-state index contributed by atoms with van der Waals surface area (Å²) in [5.74, 6) is 1.32. The van der Waals surface area contributed by atoms with Crippen LogP contribution in [0.25, 0.3) is 0 Å². The molecule has 8 nitrogen and oxygen atoms in total. The first-order valence-electron chi connectivity index (χ1n) is 7.66. The topological polar surface area (TPSA) is 102 Å². The molecule has 3 rings (SSSR count). The van der Waals surface area contributed by atoms with Crippen LogP contribution in [-0.4, -0.2) is 27.7 Å². The van der Waals surface area contributed by atoms with E-state index in [1.165, 1.54) is 11.3 Å². The summed E-state index contributed by atoms with van der Waals surface area (Å²) in [5.41, 5.74) is 1.20. The number of nitrogens with zero attached hydrogens (tertiary/aromatic N) is 3. The molecule has 0 saturated carbocycles. The molecule has 0 aliphatic heterocycles. The van der Waals surface area contributed by atoms with E-state index >= 15 is 0 Å². The minimum absolute atomic E-state index is 0.166. The maximum Gasteiger partial charge on any atom is 0.271 e. The molecule has 1 amide bonds. The molecule has 2 N–H and O–H groups in total. The molecular weight excluding hydrogens is 342 g/mol. The number of nitrogens with one attached hydrogen (secondary N) is 2. The van der Waals surface area contributed by atoms with Gasteiger partial charge in [0.15, 0.2) is 5.13 Å². The van der Waals surface area contributed by atoms with Crippen molar-refractivity contribution in [3.63, 3.8) is 0 Å². The lowest BCUT2D eigenvalue weighted by Crippen LogP contribution is -2.23. The fraction of sp³-hybridized carbons (Fsp3) is 0.250. The Bertz CT molecular complexity index is 844. The second-order valence-electron chi connectivity index (χ2n) is 5.02. The highest BCUT2D eigenvalue weighted by atomic mass is 32.1. The fourth-order valence-corrected chi connectivity index (χ4v) is 2.73. The van der Waals surface area contributed by atoms with Gasteiger partial charge in [-0.05, 0) is 31.2 Å². The quantitative estimate of drug-likeness (QED) is 0.668. The molecule has 0 aliphatic rings. The van der Waals surface area contributed by atoms with Crippen molar-refractivity contribution in [2.75, 3.05) is 11.9 Å². The maximum atomic E-state index is 12.1. The highest BCUT2D eigenvalue weighted by molar-refractivity contribution is 7.14. The van der Waals surface area contributed by atoms with Gasteiger partial charge >= 0.3 is 0 Å². The van der Waals surface area contributed by atoms with Crippen LogP contribution in [0.3, 0.4) is 0 Å². The van der Waals surface area contributed by atoms with Crippen LogP contribution in [0.15, 0.2) is 34.1 Å². The fourth-order valence-electron chi connectivity index (χ4n) is 2.02. The van der Waals surface area contributed by atoms with E-state index in [-0.39, 0.29) is 12.5 Å². The summed E-state index contributed by atoms with van der Waals surface area (Å²) in [6.07, 6.45) is 0. The summed E-state index contributed by atoms with van der Waals surface area (Å²) in [5, 5.41) is 15.7. The molecular formula is C16H17N5O3S. The van der Waals surface area contributed by atoms with E-state index in [0.29, 0.717) is 29.2 Å². The Morgan fingerprint density at radius 1 is 1.28 bits per heavy atom. The predicted molar refractivity (Wildman–Crippen MR) is 93.2 cm³/mol. The number of carbonyl (C=O) groups excluding carboxylic acids is 1. The monoisotopic (exact) mass is 359 g/mol. The molecule has 0 bridgehead atoms. The first-order valence-corrected chi connectivity index (χ1v) is 8.54. The number of aromatic nitrogens is 3. The molecule has 25 heavy (non-hydrogen) atoms. The first kappa shape index (κ1) is 16.9. The molecule has 9 heteroatoms. The Labute approximate surface area is 148 Å². The van der Waals surface area contributed by atoms with Crippen molar-refractivity contribution in [1.29, 1.82) is 0 Å². The van der Waals surface area contributed by atoms with Gasteiger partial charge in [0.05, 0.1) is 13.2 Å². The summed E-state index contributed by atoms with van der Waals surface area (Å²) in [4.78, 5) is 16.4. The van der Waals surface area contributed by atoms with Crippen LogP contribution in [0.5, 0.6) is 5.75 Å². The molecule has 0 aliphatic carbocycles. The Morgan fingerprint density at radius 3 is 2.76 bits per heavy atom. The van der Waals surface area contributed by atoms with Crippen molar-refractivity contribution in [2.24, 2.45) is 0 Å². The Hall–Kier alpha value is -2.94. The average Bonchev–Trinajstić information content (AvgIpc) is 3.24. The normalized spacial score (nSPS) is 10.5. The number of thiazole rings is 1. The Kier molecular flexibility index (Phi) is 5.24. The van der Waals surface area contributed by atoms with E-state index in [0.717, 1.165) is 11.4 Å². The van der Waals surface area contributed by atoms with Crippen LogP contribution in [0, 0.1) is 6.92 Å². The van der Waals surface area contributed by atoms with Crippen molar-refractivity contribution in [1.82, 2.24) is 20.5 Å². The molecule has 0 atom stereocenters. The van der Waals surface area contributed by atoms with Crippen molar-refractivity contribution in [3.8, 4) is 5.75 Å². The van der Waals surface area contributed by atoms with Gasteiger partial charge in [-0.15, -0.1) is 21.5 Å². The lowest BCUT2D eigenvalue weighted by atomic mass is 10.3. The lowest BCUT2D eigenvalue weighted by molar-refractivity contribution is 0.0943. The van der Waals surface area contributed by atoms with E-state index in [9.17, 15) is 4.79 Å². The van der Waals surface area contributed by atoms with Gasteiger partial charge in [0.25, 0.3) is 5.91 Å². The number of carbonyl (C=O) groups is 1. The number of ether oxygens (including phenoxy) is 1. The second kappa shape index (κ2) is 7.75. The van der Waals surface area contributed by atoms with Crippen molar-refractivity contribution >= 4 is 28.1 Å². The zero-order chi connectivity index (χ0) is 17.6. The van der Waals surface area contributed by atoms with Crippen molar-refractivity contribution in [2.45, 2.75) is 20.4 Å². The number of amides is 1. The van der Waals surface area contributed by atoms with Gasteiger partial charge in [-0.1, -0.05) is 0 Å². The van der Waals surface area contributed by atoms with Crippen molar-refractivity contribution in [3.05, 3.63) is 47.1 Å². The van der Waals surface area contributed by atoms with Gasteiger partial charge in [0.1, 0.15) is 11.4 Å². The third-order valence-electron chi connectivity index (χ3n) is 3.12. The largest absolute Gasteiger partial charge is 0.494 e. The average molecular weight is 359 g/mol. The Morgan fingerprint density at radius 2 is 2.08 bits per heavy atom. The molecule has 2 heterocycles. The highest BCUT2D eigenvalue weighted by Gasteiger charge is 2.12. The van der Waals surface area contributed by atoms with Crippen LogP contribution in [0.1, 0.15) is 29.2 Å². The molecule has 2 aromatic heterocycles. The van der Waals surface area contributed by atoms with Gasteiger partial charge in [-0.2, -0.15) is 0 Å². The van der Waals surface area contributed by atoms with Crippen LogP contribution >= 0.6 is 11.3 Å². The molecule has 0 unspecified atom stereocenters. The molecule has 0 spiro atoms. The minimum Gasteiger partial charge on any atom is -0.494 e. The van der Waals surface area contributed by atoms with E-state index in [1.807, 2.05) is 31.2 Å². The number of benzene rings is 1. The molecule has 3 aromatic rings. The van der Waals surface area contributed by atoms with Gasteiger partial charge < -0.3 is 19.8 Å². The predicted octanol–water partition coefficient (Wildman–Crippen LogP) is 2.91. The highest BCUT2D eigenvalue weighted by Crippen LogP contribution is 2.23. The number of hydrogen-bond donors (Lipinski definition) is 2. The minimum atomic E-state index is -0.299. The summed E-state index contributed by atoms with van der Waals surface area (Å²) in [7, 11) is 0. The Balaban J connectivity index is 1.56. The van der Waals surface area contributed by atoms with Gasteiger partial charge in [0, 0.05) is 18.0 Å². The molecule has 130 valence electrons. The van der Waals surface area contributed by atoms with Gasteiger partial charge in [-0.25, -0.2) is 4.98 Å². The molecule has 1 aromatic carbocycles. The standard InChI is InChI=1S/C16H17N5O3S/c1-3-23-12-6-4-11(5-7-12)18-16-19-13(9-25-16)15(22)17-8-14-21-20-10(2)24-14/h4-7,9H,3,8H2,1-2H3,(H,17,22)(H,18,19). The van der Waals surface area contributed by atoms with E-state index < -0.39 is 0 Å². The summed E-state index contributed by atoms with van der Waals surface area (Å²) in [6.45, 7) is 4.42. The van der Waals surface area contributed by atoms with Crippen LogP contribution in [0.2, 0.25) is 0 Å². The number of rotatable bonds is 7. The summed E-state index contributed by atoms with van der Waals surface area (Å²) >= 11 is 1.35. The third kappa shape index (κ3) is 4.54. The smallest absolute Gasteiger partial charge is 0.271 e. The lowest BCUT2D eigenvalue weighted by Gasteiger charge is -2.05. The van der Waals surface area contributed by atoms with Crippen LogP contribution in [-0.2, 0) is 6.54 Å². The first-order chi connectivity index (χ1) is 12.1. The SMILES string of the molecule is CCOc1ccc(Nc2nc(C(=O)NCc3nnc(C)o3)cs2)cc1. The summed E-state index contributed by atoms with van der Waals surface area (Å²) < 4.78 is 10.6. The maximum absolute atomic E-state index is 12.1. The van der Waals surface area contributed by atoms with Gasteiger partial charge in [-0.3, -0.25) is 4.79 Å². The number of anilines is 2. The summed E-state index contributed by atoms with van der Waals surface area (Å²) in [6, 6.07) is 7.53. The zero-order valence-electron chi connectivity index (χ0n) is 13.8. The molecule has 0 radical (unpaired) electrons. The second-order valence-corrected chi connectivity index (χ2v) is 5.88. The van der Waals surface area contributed by atoms with Crippen LogP contribution in [0.4, 0.5) is 10.8 Å². The van der Waals surface area contributed by atoms with E-state index in [2.05, 4.69) is 25.8 Å². The van der Waals surface area contributed by atoms with E-state index in [1.54, 1.807) is 12.3 Å². The molecule has 0 fully saturated rings. The number of aryl methyl sites for hydroxylation is 1. The zero-order valence-corrected chi connectivity index (χ0v) is 14.6. The van der Waals surface area contributed by atoms with Crippen molar-refractivity contribution < 1.29 is 13.9 Å².